The SMILES string of the molecule is CC[C@@H](C)OC(=O)COc1ccc(C(=O)Nc2ccccc2C)cc1. The Bertz CT molecular complexity index is 725. The summed E-state index contributed by atoms with van der Waals surface area (Å²) in [6.07, 6.45) is 0.639. The first-order valence-corrected chi connectivity index (χ1v) is 8.29. The van der Waals surface area contributed by atoms with Crippen LogP contribution in [0.2, 0.25) is 0 Å². The molecule has 0 aliphatic heterocycles. The summed E-state index contributed by atoms with van der Waals surface area (Å²) in [7, 11) is 0. The van der Waals surface area contributed by atoms with E-state index in [2.05, 4.69) is 5.32 Å². The van der Waals surface area contributed by atoms with Gasteiger partial charge in [0.05, 0.1) is 6.10 Å². The molecule has 1 amide bonds. The topological polar surface area (TPSA) is 64.6 Å². The number of para-hydroxylation sites is 1. The predicted octanol–water partition coefficient (Wildman–Crippen LogP) is 3.97. The van der Waals surface area contributed by atoms with Crippen LogP contribution < -0.4 is 10.1 Å². The summed E-state index contributed by atoms with van der Waals surface area (Å²) in [6.45, 7) is 5.56. The number of aryl methyl sites for hydroxylation is 1. The van der Waals surface area contributed by atoms with Crippen molar-refractivity contribution in [2.75, 3.05) is 11.9 Å². The molecule has 0 radical (unpaired) electrons. The highest BCUT2D eigenvalue weighted by molar-refractivity contribution is 6.04. The Morgan fingerprint density at radius 3 is 2.40 bits per heavy atom. The smallest absolute Gasteiger partial charge is 0.344 e. The van der Waals surface area contributed by atoms with E-state index >= 15 is 0 Å². The van der Waals surface area contributed by atoms with Gasteiger partial charge in [-0.3, -0.25) is 4.79 Å². The first kappa shape index (κ1) is 18.5. The summed E-state index contributed by atoms with van der Waals surface area (Å²) < 4.78 is 10.5. The number of amides is 1. The maximum absolute atomic E-state index is 12.3. The van der Waals surface area contributed by atoms with Gasteiger partial charge in [0, 0.05) is 11.3 Å². The Hall–Kier alpha value is -2.82. The highest BCUT2D eigenvalue weighted by Gasteiger charge is 2.10. The Balaban J connectivity index is 1.90. The third-order valence-corrected chi connectivity index (χ3v) is 3.77. The van der Waals surface area contributed by atoms with E-state index in [4.69, 9.17) is 9.47 Å². The van der Waals surface area contributed by atoms with Crippen molar-refractivity contribution in [3.05, 3.63) is 59.7 Å². The van der Waals surface area contributed by atoms with Crippen LogP contribution in [0.15, 0.2) is 48.5 Å². The van der Waals surface area contributed by atoms with Crippen LogP contribution in [-0.4, -0.2) is 24.6 Å². The van der Waals surface area contributed by atoms with Crippen LogP contribution >= 0.6 is 0 Å². The quantitative estimate of drug-likeness (QED) is 0.774. The van der Waals surface area contributed by atoms with E-state index in [0.717, 1.165) is 17.7 Å². The largest absolute Gasteiger partial charge is 0.482 e. The third-order valence-electron chi connectivity index (χ3n) is 3.77. The van der Waals surface area contributed by atoms with Crippen molar-refractivity contribution in [1.82, 2.24) is 0 Å². The van der Waals surface area contributed by atoms with Gasteiger partial charge in [0.1, 0.15) is 5.75 Å². The second kappa shape index (κ2) is 8.87. The lowest BCUT2D eigenvalue weighted by molar-refractivity contribution is -0.150. The van der Waals surface area contributed by atoms with Crippen LogP contribution in [0, 0.1) is 6.92 Å². The molecule has 0 aromatic heterocycles. The number of anilines is 1. The molecular formula is C20H23NO4. The Morgan fingerprint density at radius 2 is 1.76 bits per heavy atom. The average Bonchev–Trinajstić information content (AvgIpc) is 2.62. The monoisotopic (exact) mass is 341 g/mol. The Kier molecular flexibility index (Phi) is 6.57. The molecule has 0 saturated carbocycles. The second-order valence-corrected chi connectivity index (χ2v) is 5.79. The number of benzene rings is 2. The first-order chi connectivity index (χ1) is 12.0. The van der Waals surface area contributed by atoms with E-state index < -0.39 is 5.97 Å². The highest BCUT2D eigenvalue weighted by atomic mass is 16.6. The summed E-state index contributed by atoms with van der Waals surface area (Å²) in [6, 6.07) is 14.2. The van der Waals surface area contributed by atoms with Crippen LogP contribution in [0.3, 0.4) is 0 Å². The lowest BCUT2D eigenvalue weighted by atomic mass is 10.1. The van der Waals surface area contributed by atoms with E-state index in [9.17, 15) is 9.59 Å². The number of ether oxygens (including phenoxy) is 2. The standard InChI is InChI=1S/C20H23NO4/c1-4-15(3)25-19(22)13-24-17-11-9-16(10-12-17)20(23)21-18-8-6-5-7-14(18)2/h5-12,15H,4,13H2,1-3H3,(H,21,23)/t15-/m1/s1. The van der Waals surface area contributed by atoms with Crippen molar-refractivity contribution in [2.45, 2.75) is 33.3 Å². The van der Waals surface area contributed by atoms with Crippen molar-refractivity contribution in [3.63, 3.8) is 0 Å². The van der Waals surface area contributed by atoms with Crippen LogP contribution in [0.1, 0.15) is 36.2 Å². The maximum atomic E-state index is 12.3. The number of hydrogen-bond donors (Lipinski definition) is 1. The van der Waals surface area contributed by atoms with E-state index in [-0.39, 0.29) is 18.6 Å². The number of rotatable bonds is 7. The zero-order chi connectivity index (χ0) is 18.2. The van der Waals surface area contributed by atoms with Gasteiger partial charge < -0.3 is 14.8 Å². The third kappa shape index (κ3) is 5.64. The molecule has 0 unspecified atom stereocenters. The fourth-order valence-electron chi connectivity index (χ4n) is 2.09. The lowest BCUT2D eigenvalue weighted by Crippen LogP contribution is -2.20. The molecule has 132 valence electrons. The average molecular weight is 341 g/mol. The molecule has 25 heavy (non-hydrogen) atoms. The number of carbonyl (C=O) groups excluding carboxylic acids is 2. The van der Waals surface area contributed by atoms with E-state index in [1.165, 1.54) is 0 Å². The van der Waals surface area contributed by atoms with Gasteiger partial charge in [0.15, 0.2) is 6.61 Å². The van der Waals surface area contributed by atoms with Gasteiger partial charge in [0.2, 0.25) is 0 Å². The molecule has 1 atom stereocenters. The van der Waals surface area contributed by atoms with E-state index in [1.54, 1.807) is 24.3 Å². The molecular weight excluding hydrogens is 318 g/mol. The fraction of sp³-hybridized carbons (Fsp3) is 0.300. The molecule has 5 heteroatoms. The van der Waals surface area contributed by atoms with Gasteiger partial charge in [0.25, 0.3) is 5.91 Å². The normalized spacial score (nSPS) is 11.5. The van der Waals surface area contributed by atoms with Gasteiger partial charge in [-0.15, -0.1) is 0 Å². The number of esters is 1. The minimum atomic E-state index is -0.407. The Morgan fingerprint density at radius 1 is 1.08 bits per heavy atom. The molecule has 2 aromatic rings. The highest BCUT2D eigenvalue weighted by Crippen LogP contribution is 2.17. The molecule has 5 nitrogen and oxygen atoms in total. The molecule has 2 rings (SSSR count). The van der Waals surface area contributed by atoms with Gasteiger partial charge in [-0.05, 0) is 56.2 Å². The van der Waals surface area contributed by atoms with Crippen molar-refractivity contribution >= 4 is 17.6 Å². The molecule has 0 fully saturated rings. The fourth-order valence-corrected chi connectivity index (χ4v) is 2.09. The summed E-state index contributed by atoms with van der Waals surface area (Å²) >= 11 is 0. The molecule has 0 bridgehead atoms. The summed E-state index contributed by atoms with van der Waals surface area (Å²) in [5.74, 6) is -0.0960. The predicted molar refractivity (Wildman–Crippen MR) is 96.9 cm³/mol. The van der Waals surface area contributed by atoms with E-state index in [0.29, 0.717) is 11.3 Å². The van der Waals surface area contributed by atoms with Gasteiger partial charge in [-0.25, -0.2) is 4.79 Å². The summed E-state index contributed by atoms with van der Waals surface area (Å²) in [5, 5.41) is 2.87. The van der Waals surface area contributed by atoms with Crippen molar-refractivity contribution < 1.29 is 19.1 Å². The second-order valence-electron chi connectivity index (χ2n) is 5.79. The number of carbonyl (C=O) groups is 2. The minimum absolute atomic E-state index is 0.122. The molecule has 0 aliphatic carbocycles. The molecule has 0 saturated heterocycles. The molecule has 0 spiro atoms. The molecule has 0 heterocycles. The van der Waals surface area contributed by atoms with Crippen LogP contribution in [0.4, 0.5) is 5.69 Å². The van der Waals surface area contributed by atoms with E-state index in [1.807, 2.05) is 45.0 Å². The van der Waals surface area contributed by atoms with Gasteiger partial charge >= 0.3 is 5.97 Å². The summed E-state index contributed by atoms with van der Waals surface area (Å²) in [4.78, 5) is 23.9. The first-order valence-electron chi connectivity index (χ1n) is 8.29. The zero-order valence-electron chi connectivity index (χ0n) is 14.7. The molecule has 0 aliphatic rings. The van der Waals surface area contributed by atoms with Crippen LogP contribution in [0.5, 0.6) is 5.75 Å². The molecule has 2 aromatic carbocycles. The van der Waals surface area contributed by atoms with Crippen LogP contribution in [-0.2, 0) is 9.53 Å². The minimum Gasteiger partial charge on any atom is -0.482 e. The molecule has 1 N–H and O–H groups in total. The van der Waals surface area contributed by atoms with Crippen LogP contribution in [0.25, 0.3) is 0 Å². The van der Waals surface area contributed by atoms with Crippen molar-refractivity contribution in [1.29, 1.82) is 0 Å². The van der Waals surface area contributed by atoms with Crippen molar-refractivity contribution in [3.8, 4) is 5.75 Å². The van der Waals surface area contributed by atoms with Crippen molar-refractivity contribution in [2.24, 2.45) is 0 Å². The van der Waals surface area contributed by atoms with Gasteiger partial charge in [-0.2, -0.15) is 0 Å². The summed E-state index contributed by atoms with van der Waals surface area (Å²) in [5.41, 5.74) is 2.29. The Labute approximate surface area is 148 Å². The lowest BCUT2D eigenvalue weighted by Gasteiger charge is -2.12. The number of nitrogens with one attached hydrogen (secondary N) is 1. The van der Waals surface area contributed by atoms with Gasteiger partial charge in [-0.1, -0.05) is 25.1 Å². The number of hydrogen-bond acceptors (Lipinski definition) is 4. The zero-order valence-corrected chi connectivity index (χ0v) is 14.7. The maximum Gasteiger partial charge on any atom is 0.344 e.